The molecule has 33 heavy (non-hydrogen) atoms. The molecule has 174 valence electrons. The molecule has 8 nitrogen and oxygen atoms in total. The monoisotopic (exact) mass is 498 g/mol. The van der Waals surface area contributed by atoms with Crippen LogP contribution in [-0.4, -0.2) is 52.4 Å². The van der Waals surface area contributed by atoms with Crippen LogP contribution in [0.15, 0.2) is 18.5 Å². The van der Waals surface area contributed by atoms with Gasteiger partial charge in [-0.2, -0.15) is 13.2 Å². The van der Waals surface area contributed by atoms with E-state index in [1.54, 1.807) is 17.2 Å². The number of nitrogens with one attached hydrogen (secondary N) is 3. The topological polar surface area (TPSA) is 103 Å². The van der Waals surface area contributed by atoms with Gasteiger partial charge in [0, 0.05) is 37.9 Å². The largest absolute Gasteiger partial charge is 0.435 e. The summed E-state index contributed by atoms with van der Waals surface area (Å²) < 4.78 is 40.5. The first kappa shape index (κ1) is 22.0. The number of nitrogens with zero attached hydrogens (tertiary/aromatic N) is 3. The Morgan fingerprint density at radius 3 is 2.82 bits per heavy atom. The van der Waals surface area contributed by atoms with Gasteiger partial charge in [-0.3, -0.25) is 9.59 Å². The molecule has 3 aromatic heterocycles. The van der Waals surface area contributed by atoms with Gasteiger partial charge in [-0.05, 0) is 24.8 Å². The third-order valence-electron chi connectivity index (χ3n) is 6.22. The van der Waals surface area contributed by atoms with Crippen molar-refractivity contribution in [2.24, 2.45) is 5.92 Å². The number of aromatic amines is 1. The van der Waals surface area contributed by atoms with Crippen molar-refractivity contribution in [2.45, 2.75) is 24.6 Å². The second-order valence-corrected chi connectivity index (χ2v) is 9.71. The third kappa shape index (κ3) is 3.61. The number of halogens is 4. The van der Waals surface area contributed by atoms with Crippen LogP contribution < -0.4 is 15.5 Å². The molecule has 5 heterocycles. The predicted molar refractivity (Wildman–Crippen MR) is 117 cm³/mol. The number of anilines is 1. The Balaban J connectivity index is 1.38. The molecule has 1 aliphatic carbocycles. The van der Waals surface area contributed by atoms with E-state index in [2.05, 4.69) is 25.6 Å². The highest BCUT2D eigenvalue weighted by Crippen LogP contribution is 2.53. The number of carbonyl (C=O) groups is 2. The number of fused-ring (bicyclic) bond motifs is 2. The summed E-state index contributed by atoms with van der Waals surface area (Å²) in [7, 11) is 1.28. The quantitative estimate of drug-likeness (QED) is 0.500. The Labute approximate surface area is 194 Å². The Morgan fingerprint density at radius 2 is 2.12 bits per heavy atom. The summed E-state index contributed by atoms with van der Waals surface area (Å²) in [5, 5.41) is 6.26. The second kappa shape index (κ2) is 7.59. The number of H-pyrrole nitrogens is 1. The summed E-state index contributed by atoms with van der Waals surface area (Å²) in [6, 6.07) is 1.64. The SMILES string of the molecule is CNC(=O)c1sc(N2CC3CC2(CNC(=O)c2c[nH]c4ncc(Cl)cc24)C3)nc1C(F)(F)F. The van der Waals surface area contributed by atoms with Crippen molar-refractivity contribution in [3.63, 3.8) is 0 Å². The van der Waals surface area contributed by atoms with Gasteiger partial charge >= 0.3 is 6.18 Å². The lowest BCUT2D eigenvalue weighted by atomic mass is 9.73. The van der Waals surface area contributed by atoms with E-state index >= 15 is 0 Å². The van der Waals surface area contributed by atoms with Gasteiger partial charge in [-0.25, -0.2) is 9.97 Å². The Morgan fingerprint density at radius 1 is 1.36 bits per heavy atom. The predicted octanol–water partition coefficient (Wildman–Crippen LogP) is 3.45. The Bertz CT molecular complexity index is 1270. The second-order valence-electron chi connectivity index (χ2n) is 8.30. The molecule has 2 bridgehead atoms. The first-order chi connectivity index (χ1) is 15.6. The summed E-state index contributed by atoms with van der Waals surface area (Å²) in [5.41, 5.74) is -0.818. The molecule has 1 saturated carbocycles. The average molecular weight is 499 g/mol. The molecule has 3 N–H and O–H groups in total. The Hall–Kier alpha value is -2.86. The van der Waals surface area contributed by atoms with Gasteiger partial charge in [0.05, 0.1) is 16.1 Å². The molecule has 2 saturated heterocycles. The smallest absolute Gasteiger partial charge is 0.354 e. The lowest BCUT2D eigenvalue weighted by molar-refractivity contribution is -0.141. The highest BCUT2D eigenvalue weighted by Gasteiger charge is 2.57. The van der Waals surface area contributed by atoms with Gasteiger partial charge < -0.3 is 20.5 Å². The molecule has 0 unspecified atom stereocenters. The molecule has 0 spiro atoms. The minimum atomic E-state index is -4.74. The van der Waals surface area contributed by atoms with E-state index in [0.717, 1.165) is 24.2 Å². The first-order valence-electron chi connectivity index (χ1n) is 10.1. The number of hydrogen-bond donors (Lipinski definition) is 3. The van der Waals surface area contributed by atoms with Crippen LogP contribution in [0.2, 0.25) is 5.02 Å². The molecule has 0 atom stereocenters. The summed E-state index contributed by atoms with van der Waals surface area (Å²) >= 11 is 6.72. The van der Waals surface area contributed by atoms with Gasteiger partial charge in [0.2, 0.25) is 0 Å². The zero-order chi connectivity index (χ0) is 23.5. The van der Waals surface area contributed by atoms with Crippen LogP contribution in [0.5, 0.6) is 0 Å². The van der Waals surface area contributed by atoms with Gasteiger partial charge in [0.25, 0.3) is 11.8 Å². The van der Waals surface area contributed by atoms with Crippen LogP contribution in [0.25, 0.3) is 11.0 Å². The summed E-state index contributed by atoms with van der Waals surface area (Å²) in [6.45, 7) is 0.764. The molecule has 6 rings (SSSR count). The van der Waals surface area contributed by atoms with Crippen LogP contribution in [0.3, 0.4) is 0 Å². The van der Waals surface area contributed by atoms with Gasteiger partial charge in [0.15, 0.2) is 10.8 Å². The number of amides is 2. The van der Waals surface area contributed by atoms with Crippen LogP contribution in [0.4, 0.5) is 18.3 Å². The van der Waals surface area contributed by atoms with Crippen molar-refractivity contribution in [2.75, 3.05) is 25.0 Å². The fourth-order valence-corrected chi connectivity index (χ4v) is 6.04. The number of pyridine rings is 1. The standard InChI is InChI=1S/C20H18ClF3N6O2S/c1-25-17(32)13-14(20(22,23)24)29-18(33-13)30-7-9-3-19(30,4-9)8-28-16(31)12-6-27-15-11(12)2-10(21)5-26-15/h2,5-6,9H,3-4,7-8H2,1H3,(H,25,32)(H,26,27)(H,28,31). The van der Waals surface area contributed by atoms with E-state index < -0.39 is 28.2 Å². The number of carbonyl (C=O) groups excluding carboxylic acids is 2. The molecule has 0 aromatic carbocycles. The molecular formula is C20H18ClF3N6O2S. The van der Waals surface area contributed by atoms with Crippen LogP contribution in [0, 0.1) is 5.92 Å². The van der Waals surface area contributed by atoms with Gasteiger partial charge in [0.1, 0.15) is 10.5 Å². The molecule has 2 amide bonds. The number of aromatic nitrogens is 3. The molecule has 13 heteroatoms. The van der Waals surface area contributed by atoms with Gasteiger partial charge in [-0.1, -0.05) is 22.9 Å². The third-order valence-corrected chi connectivity index (χ3v) is 7.50. The summed E-state index contributed by atoms with van der Waals surface area (Å²) in [6.07, 6.45) is -0.272. The number of hydrogen-bond acceptors (Lipinski definition) is 6. The minimum Gasteiger partial charge on any atom is -0.354 e. The van der Waals surface area contributed by atoms with E-state index in [9.17, 15) is 22.8 Å². The fourth-order valence-electron chi connectivity index (χ4n) is 4.73. The normalized spacial score (nSPS) is 21.8. The lowest BCUT2D eigenvalue weighted by Gasteiger charge is -2.42. The van der Waals surface area contributed by atoms with Crippen molar-refractivity contribution >= 4 is 50.9 Å². The molecule has 3 fully saturated rings. The molecular weight excluding hydrogens is 481 g/mol. The van der Waals surface area contributed by atoms with E-state index in [1.165, 1.54) is 13.2 Å². The van der Waals surface area contributed by atoms with E-state index in [0.29, 0.717) is 34.1 Å². The number of rotatable bonds is 5. The van der Waals surface area contributed by atoms with E-state index in [-0.39, 0.29) is 17.6 Å². The average Bonchev–Trinajstić information content (AvgIpc) is 3.49. The maximum absolute atomic E-state index is 13.5. The van der Waals surface area contributed by atoms with E-state index in [1.807, 2.05) is 0 Å². The molecule has 3 aliphatic rings. The van der Waals surface area contributed by atoms with Crippen LogP contribution >= 0.6 is 22.9 Å². The lowest BCUT2D eigenvalue weighted by Crippen LogP contribution is -2.54. The number of thiazole rings is 1. The highest BCUT2D eigenvalue weighted by molar-refractivity contribution is 7.17. The maximum atomic E-state index is 13.5. The van der Waals surface area contributed by atoms with Crippen LogP contribution in [0.1, 0.15) is 38.6 Å². The van der Waals surface area contributed by atoms with Crippen molar-refractivity contribution in [1.82, 2.24) is 25.6 Å². The van der Waals surface area contributed by atoms with E-state index in [4.69, 9.17) is 11.6 Å². The fraction of sp³-hybridized carbons (Fsp3) is 0.400. The molecule has 3 aromatic rings. The Kier molecular flexibility index (Phi) is 5.05. The summed E-state index contributed by atoms with van der Waals surface area (Å²) in [4.78, 5) is 37.1. The zero-order valence-electron chi connectivity index (χ0n) is 17.2. The highest BCUT2D eigenvalue weighted by atomic mass is 35.5. The molecule has 2 aliphatic heterocycles. The maximum Gasteiger partial charge on any atom is 0.435 e. The van der Waals surface area contributed by atoms with Crippen molar-refractivity contribution < 1.29 is 22.8 Å². The van der Waals surface area contributed by atoms with Crippen LogP contribution in [-0.2, 0) is 6.18 Å². The van der Waals surface area contributed by atoms with Gasteiger partial charge in [-0.15, -0.1) is 0 Å². The first-order valence-corrected chi connectivity index (χ1v) is 11.3. The zero-order valence-corrected chi connectivity index (χ0v) is 18.8. The van der Waals surface area contributed by atoms with Crippen molar-refractivity contribution in [3.8, 4) is 0 Å². The minimum absolute atomic E-state index is 0.137. The van der Waals surface area contributed by atoms with Crippen molar-refractivity contribution in [1.29, 1.82) is 0 Å². The molecule has 0 radical (unpaired) electrons. The summed E-state index contributed by atoms with van der Waals surface area (Å²) in [5.74, 6) is -0.859. The van der Waals surface area contributed by atoms with Crippen molar-refractivity contribution in [3.05, 3.63) is 39.6 Å². The number of alkyl halides is 3.